The highest BCUT2D eigenvalue weighted by atomic mass is 32.2. The number of nitrogens with two attached hydrogens (primary N) is 1. The number of sulfonamides is 1. The minimum atomic E-state index is -3.67. The molecule has 0 amide bonds. The second-order valence-electron chi connectivity index (χ2n) is 4.10. The largest absolute Gasteiger partial charge is 0.387 e. The molecule has 0 aromatic heterocycles. The number of hydrogen-bond donors (Lipinski definition) is 2. The van der Waals surface area contributed by atoms with Gasteiger partial charge in [-0.25, -0.2) is 17.1 Å². The lowest BCUT2D eigenvalue weighted by Gasteiger charge is -2.20. The molecule has 1 atom stereocenters. The Morgan fingerprint density at radius 2 is 1.94 bits per heavy atom. The van der Waals surface area contributed by atoms with Gasteiger partial charge < -0.3 is 5.73 Å². The number of rotatable bonds is 5. The quantitative estimate of drug-likeness (QED) is 0.620. The molecule has 1 rings (SSSR count). The van der Waals surface area contributed by atoms with E-state index in [2.05, 4.69) is 0 Å². The van der Waals surface area contributed by atoms with Crippen molar-refractivity contribution < 1.29 is 12.8 Å². The number of nitrogens with zero attached hydrogens (tertiary/aromatic N) is 1. The number of hydrogen-bond acceptors (Lipinski definition) is 3. The molecule has 5 nitrogen and oxygen atoms in total. The van der Waals surface area contributed by atoms with Gasteiger partial charge in [0.2, 0.25) is 10.0 Å². The highest BCUT2D eigenvalue weighted by Crippen LogP contribution is 2.15. The van der Waals surface area contributed by atoms with Crippen LogP contribution in [0.15, 0.2) is 29.2 Å². The van der Waals surface area contributed by atoms with E-state index in [-0.39, 0.29) is 23.2 Å². The summed E-state index contributed by atoms with van der Waals surface area (Å²) in [6, 6.07) is 4.60. The molecule has 0 radical (unpaired) electrons. The zero-order chi connectivity index (χ0) is 13.9. The molecule has 0 fully saturated rings. The molecule has 3 N–H and O–H groups in total. The van der Waals surface area contributed by atoms with Gasteiger partial charge in [0.25, 0.3) is 0 Å². The third kappa shape index (κ3) is 3.27. The second-order valence-corrected chi connectivity index (χ2v) is 6.14. The van der Waals surface area contributed by atoms with Crippen molar-refractivity contribution in [1.29, 1.82) is 5.41 Å². The predicted octanol–water partition coefficient (Wildman–Crippen LogP) is 1.02. The van der Waals surface area contributed by atoms with Crippen molar-refractivity contribution in [3.8, 4) is 0 Å². The Morgan fingerprint density at radius 1 is 1.44 bits per heavy atom. The SMILES string of the molecule is CC(CN(C)S(=O)(=O)c1ccc(F)cc1)C(=N)N. The van der Waals surface area contributed by atoms with Gasteiger partial charge in [-0.2, -0.15) is 0 Å². The molecule has 18 heavy (non-hydrogen) atoms. The molecule has 0 aliphatic carbocycles. The number of benzene rings is 1. The van der Waals surface area contributed by atoms with E-state index in [1.807, 2.05) is 0 Å². The molecular formula is C11H16FN3O2S. The topological polar surface area (TPSA) is 87.2 Å². The van der Waals surface area contributed by atoms with Crippen LogP contribution in [0, 0.1) is 17.1 Å². The highest BCUT2D eigenvalue weighted by molar-refractivity contribution is 7.89. The molecular weight excluding hydrogens is 257 g/mol. The summed E-state index contributed by atoms with van der Waals surface area (Å²) in [6.07, 6.45) is 0. The maximum Gasteiger partial charge on any atom is 0.242 e. The summed E-state index contributed by atoms with van der Waals surface area (Å²) < 4.78 is 38.0. The molecule has 0 aliphatic rings. The van der Waals surface area contributed by atoms with Crippen LogP contribution in [-0.2, 0) is 10.0 Å². The highest BCUT2D eigenvalue weighted by Gasteiger charge is 2.23. The van der Waals surface area contributed by atoms with Gasteiger partial charge in [-0.15, -0.1) is 0 Å². The maximum atomic E-state index is 12.7. The van der Waals surface area contributed by atoms with Crippen molar-refractivity contribution >= 4 is 15.9 Å². The Balaban J connectivity index is 2.93. The van der Waals surface area contributed by atoms with Crippen molar-refractivity contribution in [2.75, 3.05) is 13.6 Å². The van der Waals surface area contributed by atoms with E-state index in [1.165, 1.54) is 19.2 Å². The van der Waals surface area contributed by atoms with Crippen molar-refractivity contribution in [2.45, 2.75) is 11.8 Å². The maximum absolute atomic E-state index is 12.7. The summed E-state index contributed by atoms with van der Waals surface area (Å²) in [5, 5.41) is 7.24. The smallest absolute Gasteiger partial charge is 0.242 e. The van der Waals surface area contributed by atoms with Crippen molar-refractivity contribution in [3.63, 3.8) is 0 Å². The molecule has 1 unspecified atom stereocenters. The predicted molar refractivity (Wildman–Crippen MR) is 67.3 cm³/mol. The number of halogens is 1. The van der Waals surface area contributed by atoms with E-state index in [4.69, 9.17) is 11.1 Å². The van der Waals surface area contributed by atoms with Gasteiger partial charge in [-0.3, -0.25) is 5.41 Å². The summed E-state index contributed by atoms with van der Waals surface area (Å²) in [4.78, 5) is 0.0159. The summed E-state index contributed by atoms with van der Waals surface area (Å²) in [5.74, 6) is -0.935. The lowest BCUT2D eigenvalue weighted by molar-refractivity contribution is 0.443. The van der Waals surface area contributed by atoms with E-state index in [0.29, 0.717) is 0 Å². The van der Waals surface area contributed by atoms with Crippen LogP contribution in [0.3, 0.4) is 0 Å². The van der Waals surface area contributed by atoms with Crippen molar-refractivity contribution in [3.05, 3.63) is 30.1 Å². The van der Waals surface area contributed by atoms with E-state index in [0.717, 1.165) is 16.4 Å². The fraction of sp³-hybridized carbons (Fsp3) is 0.364. The summed E-state index contributed by atoms with van der Waals surface area (Å²) in [6.45, 7) is 1.77. The van der Waals surface area contributed by atoms with E-state index in [1.54, 1.807) is 6.92 Å². The van der Waals surface area contributed by atoms with Crippen LogP contribution in [0.5, 0.6) is 0 Å². The van der Waals surface area contributed by atoms with Crippen LogP contribution in [0.4, 0.5) is 4.39 Å². The molecule has 1 aromatic rings. The minimum Gasteiger partial charge on any atom is -0.387 e. The molecule has 0 saturated heterocycles. The average molecular weight is 273 g/mol. The van der Waals surface area contributed by atoms with Crippen LogP contribution in [0.25, 0.3) is 0 Å². The zero-order valence-corrected chi connectivity index (χ0v) is 11.0. The van der Waals surface area contributed by atoms with Gasteiger partial charge in [0.05, 0.1) is 10.7 Å². The summed E-state index contributed by atoms with van der Waals surface area (Å²) in [5.41, 5.74) is 5.30. The Morgan fingerprint density at radius 3 is 2.39 bits per heavy atom. The molecule has 0 bridgehead atoms. The van der Waals surface area contributed by atoms with Crippen LogP contribution >= 0.6 is 0 Å². The van der Waals surface area contributed by atoms with E-state index < -0.39 is 15.8 Å². The van der Waals surface area contributed by atoms with Crippen LogP contribution < -0.4 is 5.73 Å². The monoisotopic (exact) mass is 273 g/mol. The lowest BCUT2D eigenvalue weighted by atomic mass is 10.2. The first-order chi connectivity index (χ1) is 8.25. The third-order valence-electron chi connectivity index (χ3n) is 2.58. The molecule has 100 valence electrons. The minimum absolute atomic E-state index is 0.0159. The van der Waals surface area contributed by atoms with Crippen LogP contribution in [0.2, 0.25) is 0 Å². The summed E-state index contributed by atoms with van der Waals surface area (Å²) >= 11 is 0. The molecule has 1 aromatic carbocycles. The Labute approximate surface area is 106 Å². The molecule has 0 spiro atoms. The fourth-order valence-corrected chi connectivity index (χ4v) is 2.63. The first kappa shape index (κ1) is 14.6. The van der Waals surface area contributed by atoms with Gasteiger partial charge >= 0.3 is 0 Å². The van der Waals surface area contributed by atoms with Crippen LogP contribution in [-0.4, -0.2) is 32.2 Å². The van der Waals surface area contributed by atoms with E-state index >= 15 is 0 Å². The fourth-order valence-electron chi connectivity index (χ4n) is 1.37. The van der Waals surface area contributed by atoms with Gasteiger partial charge in [0, 0.05) is 19.5 Å². The molecule has 0 saturated carbocycles. The lowest BCUT2D eigenvalue weighted by Crippen LogP contribution is -2.35. The Hall–Kier alpha value is -1.47. The van der Waals surface area contributed by atoms with Gasteiger partial charge in [-0.1, -0.05) is 6.92 Å². The Kier molecular flexibility index (Phi) is 4.42. The van der Waals surface area contributed by atoms with Gasteiger partial charge in [0.1, 0.15) is 5.82 Å². The molecule has 0 aliphatic heterocycles. The van der Waals surface area contributed by atoms with E-state index in [9.17, 15) is 12.8 Å². The number of nitrogens with one attached hydrogen (secondary N) is 1. The van der Waals surface area contributed by atoms with Crippen molar-refractivity contribution in [2.24, 2.45) is 11.7 Å². The first-order valence-electron chi connectivity index (χ1n) is 5.31. The second kappa shape index (κ2) is 5.45. The molecule has 0 heterocycles. The van der Waals surface area contributed by atoms with Gasteiger partial charge in [-0.05, 0) is 24.3 Å². The average Bonchev–Trinajstić information content (AvgIpc) is 2.29. The first-order valence-corrected chi connectivity index (χ1v) is 6.75. The van der Waals surface area contributed by atoms with Crippen molar-refractivity contribution in [1.82, 2.24) is 4.31 Å². The number of amidine groups is 1. The molecule has 7 heteroatoms. The third-order valence-corrected chi connectivity index (χ3v) is 4.42. The Bertz CT molecular complexity index is 528. The standard InChI is InChI=1S/C11H16FN3O2S/c1-8(11(13)14)7-15(2)18(16,17)10-5-3-9(12)4-6-10/h3-6,8H,7H2,1-2H3,(H3,13,14). The van der Waals surface area contributed by atoms with Gasteiger partial charge in [0.15, 0.2) is 0 Å². The normalized spacial score (nSPS) is 13.6. The zero-order valence-electron chi connectivity index (χ0n) is 10.2. The van der Waals surface area contributed by atoms with Crippen LogP contribution in [0.1, 0.15) is 6.92 Å². The summed E-state index contributed by atoms with van der Waals surface area (Å²) in [7, 11) is -2.27.